The lowest BCUT2D eigenvalue weighted by Gasteiger charge is -2.09. The molecule has 158 valence electrons. The molecule has 6 nitrogen and oxygen atoms in total. The van der Waals surface area contributed by atoms with Gasteiger partial charge in [-0.1, -0.05) is 25.1 Å². The van der Waals surface area contributed by atoms with Crippen molar-refractivity contribution in [2.45, 2.75) is 20.3 Å². The second kappa shape index (κ2) is 8.48. The molecule has 0 aliphatic heterocycles. The standard InChI is InChI=1S/C24H26N5OP/c1-5-18-8-6-7-17(2)21(18)13-14-29-16-27-22-23(25-15-26-24(22)29)28-19-9-11-20(12-10-19)31(3,4)30/h6-16H,5H2,1-4H3,(H,25,26,28)/b14-13+. The molecule has 2 aromatic carbocycles. The summed E-state index contributed by atoms with van der Waals surface area (Å²) in [6, 6.07) is 14.0. The normalized spacial score (nSPS) is 12.0. The largest absolute Gasteiger partial charge is 0.338 e. The van der Waals surface area contributed by atoms with Gasteiger partial charge in [0.15, 0.2) is 17.0 Å². The summed E-state index contributed by atoms with van der Waals surface area (Å²) in [6.45, 7) is 7.82. The van der Waals surface area contributed by atoms with Gasteiger partial charge in [-0.15, -0.1) is 0 Å². The average molecular weight is 431 g/mol. The molecule has 0 bridgehead atoms. The molecular weight excluding hydrogens is 405 g/mol. The molecule has 2 heterocycles. The van der Waals surface area contributed by atoms with E-state index in [0.717, 1.165) is 23.1 Å². The quantitative estimate of drug-likeness (QED) is 0.419. The lowest BCUT2D eigenvalue weighted by Crippen LogP contribution is -2.03. The van der Waals surface area contributed by atoms with E-state index in [1.165, 1.54) is 23.0 Å². The maximum Gasteiger partial charge on any atom is 0.169 e. The Balaban J connectivity index is 1.64. The molecule has 0 saturated heterocycles. The van der Waals surface area contributed by atoms with Crippen LogP contribution in [0.5, 0.6) is 0 Å². The van der Waals surface area contributed by atoms with E-state index >= 15 is 0 Å². The number of anilines is 2. The van der Waals surface area contributed by atoms with Crippen molar-refractivity contribution >= 4 is 47.4 Å². The predicted molar refractivity (Wildman–Crippen MR) is 130 cm³/mol. The van der Waals surface area contributed by atoms with Crippen LogP contribution in [0.25, 0.3) is 23.4 Å². The van der Waals surface area contributed by atoms with Gasteiger partial charge in [-0.25, -0.2) is 15.0 Å². The zero-order valence-corrected chi connectivity index (χ0v) is 19.1. The zero-order valence-electron chi connectivity index (χ0n) is 18.2. The van der Waals surface area contributed by atoms with Crippen molar-refractivity contribution < 1.29 is 4.57 Å². The lowest BCUT2D eigenvalue weighted by atomic mass is 10.0. The fourth-order valence-corrected chi connectivity index (χ4v) is 4.40. The number of hydrogen-bond acceptors (Lipinski definition) is 5. The van der Waals surface area contributed by atoms with Crippen LogP contribution in [0.15, 0.2) is 55.1 Å². The molecule has 2 aromatic heterocycles. The monoisotopic (exact) mass is 431 g/mol. The van der Waals surface area contributed by atoms with Gasteiger partial charge in [-0.05, 0) is 73.7 Å². The van der Waals surface area contributed by atoms with E-state index in [1.807, 2.05) is 35.0 Å². The van der Waals surface area contributed by atoms with Crippen molar-refractivity contribution in [2.75, 3.05) is 18.6 Å². The molecule has 4 rings (SSSR count). The van der Waals surface area contributed by atoms with E-state index in [9.17, 15) is 4.57 Å². The minimum atomic E-state index is -2.28. The Hall–Kier alpha value is -3.24. The number of hydrogen-bond donors (Lipinski definition) is 1. The summed E-state index contributed by atoms with van der Waals surface area (Å²) in [5.74, 6) is 0.631. The molecule has 0 atom stereocenters. The van der Waals surface area contributed by atoms with Gasteiger partial charge in [-0.3, -0.25) is 4.57 Å². The molecule has 0 amide bonds. The summed E-state index contributed by atoms with van der Waals surface area (Å²) in [7, 11) is -2.28. The molecule has 7 heteroatoms. The van der Waals surface area contributed by atoms with Crippen molar-refractivity contribution in [1.29, 1.82) is 0 Å². The zero-order chi connectivity index (χ0) is 22.0. The SMILES string of the molecule is CCc1cccc(C)c1/C=C/n1cnc2c(Nc3ccc(P(C)(C)=O)cc3)ncnc21. The Morgan fingerprint density at radius 2 is 1.84 bits per heavy atom. The van der Waals surface area contributed by atoms with Crippen molar-refractivity contribution in [1.82, 2.24) is 19.5 Å². The van der Waals surface area contributed by atoms with Crippen LogP contribution < -0.4 is 10.6 Å². The third-order valence-electron chi connectivity index (χ3n) is 5.31. The van der Waals surface area contributed by atoms with Gasteiger partial charge < -0.3 is 9.88 Å². The van der Waals surface area contributed by atoms with Gasteiger partial charge >= 0.3 is 0 Å². The number of nitrogens with one attached hydrogen (secondary N) is 1. The van der Waals surface area contributed by atoms with E-state index in [-0.39, 0.29) is 0 Å². The lowest BCUT2D eigenvalue weighted by molar-refractivity contribution is 0.588. The number of nitrogens with zero attached hydrogens (tertiary/aromatic N) is 4. The molecule has 0 radical (unpaired) electrons. The number of benzene rings is 2. The average Bonchev–Trinajstić information content (AvgIpc) is 3.16. The van der Waals surface area contributed by atoms with Gasteiger partial charge in [-0.2, -0.15) is 0 Å². The first-order valence-electron chi connectivity index (χ1n) is 10.2. The topological polar surface area (TPSA) is 72.7 Å². The van der Waals surface area contributed by atoms with Crippen LogP contribution >= 0.6 is 7.14 Å². The Morgan fingerprint density at radius 1 is 1.06 bits per heavy atom. The Morgan fingerprint density at radius 3 is 2.55 bits per heavy atom. The molecule has 4 aromatic rings. The summed E-state index contributed by atoms with van der Waals surface area (Å²) in [5, 5.41) is 4.15. The fraction of sp³-hybridized carbons (Fsp3) is 0.208. The molecular formula is C24H26N5OP. The maximum atomic E-state index is 12.2. The molecule has 0 fully saturated rings. The van der Waals surface area contributed by atoms with Crippen molar-refractivity contribution in [2.24, 2.45) is 0 Å². The van der Waals surface area contributed by atoms with Crippen LogP contribution in [-0.4, -0.2) is 32.8 Å². The Kier molecular flexibility index (Phi) is 5.75. The van der Waals surface area contributed by atoms with Crippen LogP contribution in [0.3, 0.4) is 0 Å². The molecule has 0 saturated carbocycles. The highest BCUT2D eigenvalue weighted by molar-refractivity contribution is 7.70. The molecule has 31 heavy (non-hydrogen) atoms. The van der Waals surface area contributed by atoms with Crippen LogP contribution in [0, 0.1) is 6.92 Å². The predicted octanol–water partition coefficient (Wildman–Crippen LogP) is 5.32. The first-order chi connectivity index (χ1) is 14.9. The molecule has 0 spiro atoms. The van der Waals surface area contributed by atoms with Crippen molar-refractivity contribution in [3.05, 3.63) is 71.8 Å². The third-order valence-corrected chi connectivity index (χ3v) is 6.85. The van der Waals surface area contributed by atoms with Crippen molar-refractivity contribution in [3.63, 3.8) is 0 Å². The van der Waals surface area contributed by atoms with E-state index in [0.29, 0.717) is 11.3 Å². The highest BCUT2D eigenvalue weighted by atomic mass is 31.2. The number of imidazole rings is 1. The maximum absolute atomic E-state index is 12.2. The summed E-state index contributed by atoms with van der Waals surface area (Å²) in [4.78, 5) is 13.3. The number of rotatable bonds is 6. The van der Waals surface area contributed by atoms with Gasteiger partial charge in [0.2, 0.25) is 0 Å². The molecule has 1 N–H and O–H groups in total. The van der Waals surface area contributed by atoms with Crippen LogP contribution in [0.2, 0.25) is 0 Å². The van der Waals surface area contributed by atoms with Crippen molar-refractivity contribution in [3.8, 4) is 0 Å². The van der Waals surface area contributed by atoms with Gasteiger partial charge in [0.05, 0.1) is 0 Å². The molecule has 0 aliphatic rings. The minimum absolute atomic E-state index is 0.631. The first kappa shape index (κ1) is 21.0. The second-order valence-corrected chi connectivity index (χ2v) is 11.1. The van der Waals surface area contributed by atoms with E-state index in [4.69, 9.17) is 0 Å². The summed E-state index contributed by atoms with van der Waals surface area (Å²) >= 11 is 0. The third kappa shape index (κ3) is 4.44. The number of aromatic nitrogens is 4. The van der Waals surface area contributed by atoms with E-state index < -0.39 is 7.14 Å². The van der Waals surface area contributed by atoms with Gasteiger partial charge in [0.1, 0.15) is 19.8 Å². The second-order valence-electron chi connectivity index (χ2n) is 7.89. The molecule has 0 aliphatic carbocycles. The number of aryl methyl sites for hydroxylation is 2. The van der Waals surface area contributed by atoms with E-state index in [2.05, 4.69) is 58.4 Å². The summed E-state index contributed by atoms with van der Waals surface area (Å²) in [6.07, 6.45) is 8.35. The Labute approximate surface area is 182 Å². The van der Waals surface area contributed by atoms with Crippen LogP contribution in [0.1, 0.15) is 23.6 Å². The Bertz CT molecular complexity index is 1300. The highest BCUT2D eigenvalue weighted by Gasteiger charge is 2.12. The number of fused-ring (bicyclic) bond motifs is 1. The fourth-order valence-electron chi connectivity index (χ4n) is 3.54. The smallest absolute Gasteiger partial charge is 0.169 e. The molecule has 0 unspecified atom stereocenters. The highest BCUT2D eigenvalue weighted by Crippen LogP contribution is 2.35. The first-order valence-corrected chi connectivity index (χ1v) is 12.8. The summed E-state index contributed by atoms with van der Waals surface area (Å²) < 4.78 is 14.1. The minimum Gasteiger partial charge on any atom is -0.338 e. The van der Waals surface area contributed by atoms with Crippen LogP contribution in [-0.2, 0) is 11.0 Å². The van der Waals surface area contributed by atoms with Gasteiger partial charge in [0.25, 0.3) is 0 Å². The summed E-state index contributed by atoms with van der Waals surface area (Å²) in [5.41, 5.74) is 6.05. The van der Waals surface area contributed by atoms with Crippen LogP contribution in [0.4, 0.5) is 11.5 Å². The van der Waals surface area contributed by atoms with E-state index in [1.54, 1.807) is 19.7 Å². The van der Waals surface area contributed by atoms with Gasteiger partial charge in [0, 0.05) is 17.2 Å².